The third-order valence-corrected chi connectivity index (χ3v) is 2.90. The van der Waals surface area contributed by atoms with Gasteiger partial charge in [-0.3, -0.25) is 0 Å². The molecule has 0 aliphatic carbocycles. The highest BCUT2D eigenvalue weighted by Crippen LogP contribution is 2.26. The van der Waals surface area contributed by atoms with Crippen molar-refractivity contribution in [3.05, 3.63) is 52.8 Å². The van der Waals surface area contributed by atoms with E-state index in [0.29, 0.717) is 10.7 Å². The zero-order valence-electron chi connectivity index (χ0n) is 10.6. The molecule has 2 rings (SSSR count). The molecular weight excluding hydrogens is 283 g/mol. The molecule has 0 atom stereocenters. The normalized spacial score (nSPS) is 10.2. The van der Waals surface area contributed by atoms with E-state index >= 15 is 0 Å². The van der Waals surface area contributed by atoms with Crippen LogP contribution in [0.15, 0.2) is 36.4 Å². The molecule has 3 N–H and O–H groups in total. The summed E-state index contributed by atoms with van der Waals surface area (Å²) in [5, 5.41) is 3.24. The first-order valence-corrected chi connectivity index (χ1v) is 6.09. The van der Waals surface area contributed by atoms with Crippen molar-refractivity contribution in [1.29, 1.82) is 0 Å². The van der Waals surface area contributed by atoms with Crippen LogP contribution in [0.4, 0.5) is 21.5 Å². The lowest BCUT2D eigenvalue weighted by molar-refractivity contribution is 0.0602. The van der Waals surface area contributed by atoms with Crippen molar-refractivity contribution in [2.45, 2.75) is 0 Å². The fourth-order valence-electron chi connectivity index (χ4n) is 1.67. The summed E-state index contributed by atoms with van der Waals surface area (Å²) in [5.74, 6) is -1.01. The topological polar surface area (TPSA) is 64.3 Å². The molecule has 0 amide bonds. The number of carbonyl (C=O) groups is 1. The van der Waals surface area contributed by atoms with Crippen LogP contribution in [-0.2, 0) is 4.74 Å². The van der Waals surface area contributed by atoms with Gasteiger partial charge in [-0.25, -0.2) is 9.18 Å². The van der Waals surface area contributed by atoms with Crippen molar-refractivity contribution < 1.29 is 13.9 Å². The first kappa shape index (κ1) is 14.1. The molecule has 2 aromatic rings. The summed E-state index contributed by atoms with van der Waals surface area (Å²) < 4.78 is 18.2. The summed E-state index contributed by atoms with van der Waals surface area (Å²) in [6.07, 6.45) is 0. The Morgan fingerprint density at radius 3 is 2.75 bits per heavy atom. The Morgan fingerprint density at radius 2 is 2.05 bits per heavy atom. The average Bonchev–Trinajstić information content (AvgIpc) is 2.44. The first-order valence-electron chi connectivity index (χ1n) is 5.71. The van der Waals surface area contributed by atoms with E-state index in [1.54, 1.807) is 6.07 Å². The van der Waals surface area contributed by atoms with Crippen molar-refractivity contribution in [2.75, 3.05) is 18.2 Å². The van der Waals surface area contributed by atoms with Crippen LogP contribution >= 0.6 is 11.6 Å². The maximum Gasteiger partial charge on any atom is 0.340 e. The van der Waals surface area contributed by atoms with Gasteiger partial charge in [0.15, 0.2) is 0 Å². The van der Waals surface area contributed by atoms with Gasteiger partial charge in [-0.05, 0) is 36.4 Å². The van der Waals surface area contributed by atoms with Crippen molar-refractivity contribution in [3.63, 3.8) is 0 Å². The van der Waals surface area contributed by atoms with Crippen molar-refractivity contribution in [1.82, 2.24) is 0 Å². The number of methoxy groups -OCH3 is 1. The second-order valence-electron chi connectivity index (χ2n) is 4.04. The maximum absolute atomic E-state index is 13.6. The molecule has 0 fully saturated rings. The van der Waals surface area contributed by atoms with Gasteiger partial charge in [-0.15, -0.1) is 0 Å². The molecule has 0 unspecified atom stereocenters. The number of carbonyl (C=O) groups excluding carboxylic acids is 1. The Kier molecular flexibility index (Phi) is 4.10. The quantitative estimate of drug-likeness (QED) is 0.671. The molecular formula is C14H12ClFN2O2. The summed E-state index contributed by atoms with van der Waals surface area (Å²) >= 11 is 5.81. The van der Waals surface area contributed by atoms with E-state index in [-0.39, 0.29) is 16.9 Å². The number of esters is 1. The van der Waals surface area contributed by atoms with Gasteiger partial charge in [0.05, 0.1) is 18.4 Å². The summed E-state index contributed by atoms with van der Waals surface area (Å²) in [6.45, 7) is 0. The molecule has 0 radical (unpaired) electrons. The standard InChI is InChI=1S/C14H12ClFN2O2/c1-20-14(19)10-7-9(3-5-12(10)17)18-13-6-8(15)2-4-11(13)16/h2-7,18H,17H2,1H3. The Labute approximate surface area is 120 Å². The molecule has 104 valence electrons. The smallest absolute Gasteiger partial charge is 0.340 e. The molecule has 0 aliphatic heterocycles. The molecule has 4 nitrogen and oxygen atoms in total. The summed E-state index contributed by atoms with van der Waals surface area (Å²) in [6, 6.07) is 8.81. The van der Waals surface area contributed by atoms with Crippen LogP contribution in [-0.4, -0.2) is 13.1 Å². The van der Waals surface area contributed by atoms with Gasteiger partial charge in [0.1, 0.15) is 5.82 Å². The van der Waals surface area contributed by atoms with E-state index < -0.39 is 11.8 Å². The number of rotatable bonds is 3. The highest BCUT2D eigenvalue weighted by Gasteiger charge is 2.11. The van der Waals surface area contributed by atoms with Crippen LogP contribution in [0.25, 0.3) is 0 Å². The van der Waals surface area contributed by atoms with Gasteiger partial charge in [-0.2, -0.15) is 0 Å². The molecule has 0 spiro atoms. The molecule has 0 heterocycles. The Balaban J connectivity index is 2.34. The maximum atomic E-state index is 13.6. The highest BCUT2D eigenvalue weighted by molar-refractivity contribution is 6.30. The lowest BCUT2D eigenvalue weighted by atomic mass is 10.1. The van der Waals surface area contributed by atoms with Crippen molar-refractivity contribution in [2.24, 2.45) is 0 Å². The van der Waals surface area contributed by atoms with Crippen LogP contribution in [0.5, 0.6) is 0 Å². The SMILES string of the molecule is COC(=O)c1cc(Nc2cc(Cl)ccc2F)ccc1N. The molecule has 0 saturated carbocycles. The second kappa shape index (κ2) is 5.79. The zero-order chi connectivity index (χ0) is 14.7. The molecule has 6 heteroatoms. The predicted molar refractivity (Wildman–Crippen MR) is 76.9 cm³/mol. The minimum atomic E-state index is -0.558. The molecule has 0 aromatic heterocycles. The molecule has 0 bridgehead atoms. The van der Waals surface area contributed by atoms with Crippen LogP contribution in [0, 0.1) is 5.82 Å². The number of ether oxygens (including phenoxy) is 1. The van der Waals surface area contributed by atoms with Gasteiger partial charge in [0.2, 0.25) is 0 Å². The van der Waals surface area contributed by atoms with E-state index in [1.807, 2.05) is 0 Å². The number of benzene rings is 2. The largest absolute Gasteiger partial charge is 0.465 e. The lowest BCUT2D eigenvalue weighted by Gasteiger charge is -2.10. The Hall–Kier alpha value is -2.27. The number of halogens is 2. The van der Waals surface area contributed by atoms with Crippen molar-refractivity contribution >= 4 is 34.6 Å². The minimum Gasteiger partial charge on any atom is -0.465 e. The number of nitrogens with one attached hydrogen (secondary N) is 1. The number of hydrogen-bond acceptors (Lipinski definition) is 4. The fourth-order valence-corrected chi connectivity index (χ4v) is 1.84. The van der Waals surface area contributed by atoms with Crippen LogP contribution in [0.3, 0.4) is 0 Å². The monoisotopic (exact) mass is 294 g/mol. The van der Waals surface area contributed by atoms with Gasteiger partial charge < -0.3 is 15.8 Å². The number of hydrogen-bond donors (Lipinski definition) is 2. The van der Waals surface area contributed by atoms with Crippen LogP contribution in [0.1, 0.15) is 10.4 Å². The summed E-state index contributed by atoms with van der Waals surface area (Å²) in [4.78, 5) is 11.5. The van der Waals surface area contributed by atoms with Crippen molar-refractivity contribution in [3.8, 4) is 0 Å². The summed E-state index contributed by atoms with van der Waals surface area (Å²) in [7, 11) is 1.26. The van der Waals surface area contributed by atoms with Gasteiger partial charge >= 0.3 is 5.97 Å². The second-order valence-corrected chi connectivity index (χ2v) is 4.48. The van der Waals surface area contributed by atoms with E-state index in [9.17, 15) is 9.18 Å². The molecule has 20 heavy (non-hydrogen) atoms. The Morgan fingerprint density at radius 1 is 1.30 bits per heavy atom. The molecule has 0 saturated heterocycles. The minimum absolute atomic E-state index is 0.207. The van der Waals surface area contributed by atoms with E-state index in [2.05, 4.69) is 10.1 Å². The van der Waals surface area contributed by atoms with E-state index in [4.69, 9.17) is 17.3 Å². The average molecular weight is 295 g/mol. The van der Waals surface area contributed by atoms with Gasteiger partial charge in [0.25, 0.3) is 0 Å². The number of nitrogens with two attached hydrogens (primary N) is 1. The van der Waals surface area contributed by atoms with Crippen LogP contribution in [0.2, 0.25) is 5.02 Å². The zero-order valence-corrected chi connectivity index (χ0v) is 11.4. The third-order valence-electron chi connectivity index (χ3n) is 2.67. The summed E-state index contributed by atoms with van der Waals surface area (Å²) in [5.41, 5.74) is 6.89. The predicted octanol–water partition coefficient (Wildman–Crippen LogP) is 3.59. The van der Waals surface area contributed by atoms with E-state index in [0.717, 1.165) is 0 Å². The molecule has 2 aromatic carbocycles. The van der Waals surface area contributed by atoms with Gasteiger partial charge in [-0.1, -0.05) is 11.6 Å². The molecule has 0 aliphatic rings. The fraction of sp³-hybridized carbons (Fsp3) is 0.0714. The third kappa shape index (κ3) is 3.00. The highest BCUT2D eigenvalue weighted by atomic mass is 35.5. The number of anilines is 3. The lowest BCUT2D eigenvalue weighted by Crippen LogP contribution is -2.06. The van der Waals surface area contributed by atoms with Crippen LogP contribution < -0.4 is 11.1 Å². The Bertz CT molecular complexity index is 662. The number of nitrogen functional groups attached to an aromatic ring is 1. The van der Waals surface area contributed by atoms with E-state index in [1.165, 1.54) is 37.4 Å². The first-order chi connectivity index (χ1) is 9.51. The van der Waals surface area contributed by atoms with Gasteiger partial charge in [0, 0.05) is 16.4 Å².